The van der Waals surface area contributed by atoms with Gasteiger partial charge >= 0.3 is 0 Å². The molecule has 1 aliphatic carbocycles. The van der Waals surface area contributed by atoms with E-state index in [1.807, 2.05) is 6.92 Å². The summed E-state index contributed by atoms with van der Waals surface area (Å²) in [6.45, 7) is 2.29. The second kappa shape index (κ2) is 3.95. The predicted molar refractivity (Wildman–Crippen MR) is 61.8 cm³/mol. The monoisotopic (exact) mass is 205 g/mol. The predicted octanol–water partition coefficient (Wildman–Crippen LogP) is 1.60. The van der Waals surface area contributed by atoms with Crippen molar-refractivity contribution in [3.63, 3.8) is 0 Å². The lowest BCUT2D eigenvalue weighted by molar-refractivity contribution is 0.255. The van der Waals surface area contributed by atoms with E-state index >= 15 is 0 Å². The zero-order valence-corrected chi connectivity index (χ0v) is 9.24. The average Bonchev–Trinajstić information content (AvgIpc) is 2.97. The third-order valence-corrected chi connectivity index (χ3v) is 3.25. The molecule has 3 N–H and O–H groups in total. The highest BCUT2D eigenvalue weighted by molar-refractivity contribution is 5.35. The van der Waals surface area contributed by atoms with Gasteiger partial charge < -0.3 is 10.8 Å². The molecule has 1 aliphatic rings. The molecule has 1 saturated carbocycles. The molecule has 1 aromatic rings. The Hall–Kier alpha value is -0.860. The summed E-state index contributed by atoms with van der Waals surface area (Å²) in [6.07, 6.45) is 3.14. The number of hydrogen-bond acceptors (Lipinski definition) is 2. The van der Waals surface area contributed by atoms with Crippen molar-refractivity contribution in [3.8, 4) is 0 Å². The van der Waals surface area contributed by atoms with E-state index in [1.165, 1.54) is 11.1 Å². The number of benzene rings is 1. The van der Waals surface area contributed by atoms with Crippen molar-refractivity contribution in [2.75, 3.05) is 6.61 Å². The van der Waals surface area contributed by atoms with Crippen LogP contribution >= 0.6 is 0 Å². The molecule has 82 valence electrons. The first kappa shape index (κ1) is 10.7. The van der Waals surface area contributed by atoms with Gasteiger partial charge in [0, 0.05) is 11.5 Å². The molecule has 0 bridgehead atoms. The lowest BCUT2D eigenvalue weighted by Gasteiger charge is -2.14. The maximum absolute atomic E-state index is 9.36. The van der Waals surface area contributed by atoms with E-state index < -0.39 is 0 Å². The summed E-state index contributed by atoms with van der Waals surface area (Å²) in [7, 11) is 0. The van der Waals surface area contributed by atoms with Gasteiger partial charge in [0.1, 0.15) is 0 Å². The Balaban J connectivity index is 2.19. The zero-order chi connectivity index (χ0) is 10.9. The van der Waals surface area contributed by atoms with Gasteiger partial charge in [-0.15, -0.1) is 0 Å². The fourth-order valence-corrected chi connectivity index (χ4v) is 2.09. The lowest BCUT2D eigenvalue weighted by Crippen LogP contribution is -2.18. The maximum Gasteiger partial charge on any atom is 0.0527 e. The van der Waals surface area contributed by atoms with Crippen LogP contribution in [0, 0.1) is 0 Å². The summed E-state index contributed by atoms with van der Waals surface area (Å²) >= 11 is 0. The third kappa shape index (κ3) is 2.21. The lowest BCUT2D eigenvalue weighted by atomic mass is 9.94. The summed E-state index contributed by atoms with van der Waals surface area (Å²) in [5, 5.41) is 9.36. The van der Waals surface area contributed by atoms with Crippen molar-refractivity contribution in [2.45, 2.75) is 37.6 Å². The molecule has 1 aromatic carbocycles. The molecule has 0 spiro atoms. The van der Waals surface area contributed by atoms with Gasteiger partial charge in [-0.05, 0) is 37.3 Å². The highest BCUT2D eigenvalue weighted by Crippen LogP contribution is 2.47. The van der Waals surface area contributed by atoms with Gasteiger partial charge in [-0.1, -0.05) is 24.3 Å². The van der Waals surface area contributed by atoms with Crippen molar-refractivity contribution in [1.82, 2.24) is 0 Å². The van der Waals surface area contributed by atoms with Crippen LogP contribution in [0.2, 0.25) is 0 Å². The zero-order valence-electron chi connectivity index (χ0n) is 9.24. The van der Waals surface area contributed by atoms with Gasteiger partial charge in [0.2, 0.25) is 0 Å². The van der Waals surface area contributed by atoms with Crippen LogP contribution in [0.5, 0.6) is 0 Å². The topological polar surface area (TPSA) is 46.2 Å². The molecule has 1 atom stereocenters. The molecular weight excluding hydrogens is 186 g/mol. The summed E-state index contributed by atoms with van der Waals surface area (Å²) in [6, 6.07) is 8.70. The van der Waals surface area contributed by atoms with Crippen molar-refractivity contribution in [1.29, 1.82) is 0 Å². The van der Waals surface area contributed by atoms with Crippen LogP contribution in [0.15, 0.2) is 24.3 Å². The van der Waals surface area contributed by atoms with E-state index in [0.29, 0.717) is 0 Å². The molecule has 0 saturated heterocycles. The molecule has 15 heavy (non-hydrogen) atoms. The second-order valence-electron chi connectivity index (χ2n) is 4.82. The highest BCUT2D eigenvalue weighted by atomic mass is 16.3. The van der Waals surface area contributed by atoms with E-state index in [4.69, 9.17) is 5.73 Å². The van der Waals surface area contributed by atoms with Gasteiger partial charge in [0.05, 0.1) is 6.61 Å². The minimum atomic E-state index is 0.0772. The third-order valence-electron chi connectivity index (χ3n) is 3.25. The number of nitrogens with two attached hydrogens (primary N) is 1. The standard InChI is InChI=1S/C13H19NO/c1-10(14)7-11-3-2-4-12(8-11)13(9-15)5-6-13/h2-4,8,10,15H,5-7,9,14H2,1H3. The SMILES string of the molecule is CC(N)Cc1cccc(C2(CO)CC2)c1. The van der Waals surface area contributed by atoms with Gasteiger partial charge in [0.15, 0.2) is 0 Å². The Morgan fingerprint density at radius 1 is 1.47 bits per heavy atom. The van der Waals surface area contributed by atoms with Gasteiger partial charge in [-0.2, -0.15) is 0 Å². The largest absolute Gasteiger partial charge is 0.395 e. The number of rotatable bonds is 4. The van der Waals surface area contributed by atoms with Crippen LogP contribution in [0.4, 0.5) is 0 Å². The maximum atomic E-state index is 9.36. The summed E-state index contributed by atoms with van der Waals surface area (Å²) in [4.78, 5) is 0. The molecule has 2 rings (SSSR count). The van der Waals surface area contributed by atoms with Gasteiger partial charge in [-0.25, -0.2) is 0 Å². The molecule has 0 aliphatic heterocycles. The molecule has 0 heterocycles. The average molecular weight is 205 g/mol. The molecule has 1 fully saturated rings. The fraction of sp³-hybridized carbons (Fsp3) is 0.538. The first-order valence-corrected chi connectivity index (χ1v) is 5.62. The Kier molecular flexibility index (Phi) is 2.81. The Morgan fingerprint density at radius 3 is 2.73 bits per heavy atom. The molecular formula is C13H19NO. The van der Waals surface area contributed by atoms with Crippen LogP contribution in [0.3, 0.4) is 0 Å². The van der Waals surface area contributed by atoms with E-state index in [0.717, 1.165) is 19.3 Å². The quantitative estimate of drug-likeness (QED) is 0.784. The second-order valence-corrected chi connectivity index (χ2v) is 4.82. The first-order valence-electron chi connectivity index (χ1n) is 5.62. The van der Waals surface area contributed by atoms with E-state index in [2.05, 4.69) is 24.3 Å². The van der Waals surface area contributed by atoms with Crippen LogP contribution in [0.1, 0.15) is 30.9 Å². The Labute approximate surface area is 91.1 Å². The first-order chi connectivity index (χ1) is 7.16. The van der Waals surface area contributed by atoms with Crippen molar-refractivity contribution >= 4 is 0 Å². The smallest absolute Gasteiger partial charge is 0.0527 e. The Morgan fingerprint density at radius 2 is 2.20 bits per heavy atom. The normalized spacial score (nSPS) is 19.9. The summed E-state index contributed by atoms with van der Waals surface area (Å²) in [5.41, 5.74) is 8.42. The highest BCUT2D eigenvalue weighted by Gasteiger charge is 2.43. The van der Waals surface area contributed by atoms with E-state index in [-0.39, 0.29) is 18.1 Å². The Bertz CT molecular complexity index is 342. The van der Waals surface area contributed by atoms with Gasteiger partial charge in [-0.3, -0.25) is 0 Å². The van der Waals surface area contributed by atoms with Gasteiger partial charge in [0.25, 0.3) is 0 Å². The van der Waals surface area contributed by atoms with E-state index in [9.17, 15) is 5.11 Å². The van der Waals surface area contributed by atoms with Crippen LogP contribution in [-0.4, -0.2) is 17.8 Å². The van der Waals surface area contributed by atoms with Crippen molar-refractivity contribution < 1.29 is 5.11 Å². The summed E-state index contributed by atoms with van der Waals surface area (Å²) < 4.78 is 0. The van der Waals surface area contributed by atoms with Crippen LogP contribution in [-0.2, 0) is 11.8 Å². The van der Waals surface area contributed by atoms with Crippen LogP contribution in [0.25, 0.3) is 0 Å². The van der Waals surface area contributed by atoms with Crippen molar-refractivity contribution in [2.24, 2.45) is 5.73 Å². The van der Waals surface area contributed by atoms with E-state index in [1.54, 1.807) is 0 Å². The molecule has 1 unspecified atom stereocenters. The molecule has 0 amide bonds. The number of hydrogen-bond donors (Lipinski definition) is 2. The minimum Gasteiger partial charge on any atom is -0.395 e. The molecule has 2 heteroatoms. The number of aliphatic hydroxyl groups excluding tert-OH is 1. The fourth-order valence-electron chi connectivity index (χ4n) is 2.09. The number of aliphatic hydroxyl groups is 1. The molecule has 0 aromatic heterocycles. The van der Waals surface area contributed by atoms with Crippen LogP contribution < -0.4 is 5.73 Å². The minimum absolute atomic E-state index is 0.0772. The molecule has 2 nitrogen and oxygen atoms in total. The van der Waals surface area contributed by atoms with Crippen molar-refractivity contribution in [3.05, 3.63) is 35.4 Å². The summed E-state index contributed by atoms with van der Waals surface area (Å²) in [5.74, 6) is 0. The molecule has 0 radical (unpaired) electrons.